The molecule has 0 bridgehead atoms. The second-order valence-corrected chi connectivity index (χ2v) is 8.35. The van der Waals surface area contributed by atoms with Gasteiger partial charge in [0.05, 0.1) is 0 Å². The van der Waals surface area contributed by atoms with Gasteiger partial charge in [-0.25, -0.2) is 0 Å². The predicted octanol–water partition coefficient (Wildman–Crippen LogP) is 2.22. The number of piperazine rings is 1. The number of hydrogen-bond acceptors (Lipinski definition) is 6. The van der Waals surface area contributed by atoms with Gasteiger partial charge in [-0.05, 0) is 25.0 Å². The van der Waals surface area contributed by atoms with Crippen LogP contribution in [-0.4, -0.2) is 88.7 Å². The van der Waals surface area contributed by atoms with Crippen LogP contribution < -0.4 is 0 Å². The van der Waals surface area contributed by atoms with Crippen LogP contribution in [0.15, 0.2) is 34.7 Å². The third-order valence-corrected chi connectivity index (χ3v) is 6.19. The molecule has 0 atom stereocenters. The minimum Gasteiger partial charge on any atom is -0.421 e. The number of alkyl halides is 3. The average Bonchev–Trinajstić information content (AvgIpc) is 3.31. The van der Waals surface area contributed by atoms with Crippen LogP contribution >= 0.6 is 0 Å². The van der Waals surface area contributed by atoms with Crippen LogP contribution in [-0.2, 0) is 16.0 Å². The van der Waals surface area contributed by atoms with Crippen molar-refractivity contribution in [2.24, 2.45) is 5.92 Å². The standard InChI is InChI=1S/C22H26F3N5O3/c23-22(24,25)21(32)30-10-6-17(7-11-30)20(31)29-14-12-28(13-15-29)9-8-18-26-27-19(33-18)16-4-2-1-3-5-16/h1-5,17H,6-15H2. The topological polar surface area (TPSA) is 82.8 Å². The summed E-state index contributed by atoms with van der Waals surface area (Å²) < 4.78 is 43.5. The molecule has 2 aliphatic rings. The Kier molecular flexibility index (Phi) is 6.96. The molecule has 11 heteroatoms. The van der Waals surface area contributed by atoms with Gasteiger partial charge in [-0.1, -0.05) is 18.2 Å². The number of halogens is 3. The summed E-state index contributed by atoms with van der Waals surface area (Å²) in [7, 11) is 0. The molecule has 2 aliphatic heterocycles. The van der Waals surface area contributed by atoms with E-state index in [0.717, 1.165) is 17.0 Å². The van der Waals surface area contributed by atoms with Gasteiger partial charge < -0.3 is 14.2 Å². The van der Waals surface area contributed by atoms with Gasteiger partial charge in [0.25, 0.3) is 0 Å². The Bertz CT molecular complexity index is 950. The molecule has 178 valence electrons. The molecule has 2 aromatic rings. The van der Waals surface area contributed by atoms with E-state index >= 15 is 0 Å². The van der Waals surface area contributed by atoms with Crippen LogP contribution in [0, 0.1) is 5.92 Å². The molecule has 0 unspecified atom stereocenters. The Morgan fingerprint density at radius 2 is 1.61 bits per heavy atom. The minimum absolute atomic E-state index is 0.0295. The number of likely N-dealkylation sites (tertiary alicyclic amines) is 1. The highest BCUT2D eigenvalue weighted by Crippen LogP contribution is 2.25. The summed E-state index contributed by atoms with van der Waals surface area (Å²) in [5, 5.41) is 8.20. The van der Waals surface area contributed by atoms with E-state index in [1.54, 1.807) is 4.90 Å². The Labute approximate surface area is 189 Å². The van der Waals surface area contributed by atoms with Crippen molar-refractivity contribution in [1.82, 2.24) is 24.9 Å². The van der Waals surface area contributed by atoms with Crippen molar-refractivity contribution in [3.8, 4) is 11.5 Å². The molecule has 0 N–H and O–H groups in total. The first-order chi connectivity index (χ1) is 15.8. The van der Waals surface area contributed by atoms with Crippen LogP contribution in [0.2, 0.25) is 0 Å². The molecule has 0 saturated carbocycles. The lowest BCUT2D eigenvalue weighted by molar-refractivity contribution is -0.187. The first kappa shape index (κ1) is 23.2. The summed E-state index contributed by atoms with van der Waals surface area (Å²) >= 11 is 0. The number of carbonyl (C=O) groups excluding carboxylic acids is 2. The number of hydrogen-bond donors (Lipinski definition) is 0. The van der Waals surface area contributed by atoms with Gasteiger partial charge in [-0.15, -0.1) is 10.2 Å². The average molecular weight is 465 g/mol. The van der Waals surface area contributed by atoms with Crippen molar-refractivity contribution < 1.29 is 27.2 Å². The molecular formula is C22H26F3N5O3. The Hall–Kier alpha value is -2.95. The smallest absolute Gasteiger partial charge is 0.421 e. The molecule has 0 aliphatic carbocycles. The fourth-order valence-electron chi connectivity index (χ4n) is 4.26. The maximum Gasteiger partial charge on any atom is 0.471 e. The van der Waals surface area contributed by atoms with E-state index in [0.29, 0.717) is 44.4 Å². The summed E-state index contributed by atoms with van der Waals surface area (Å²) in [5.74, 6) is -1.13. The van der Waals surface area contributed by atoms with E-state index in [9.17, 15) is 22.8 Å². The van der Waals surface area contributed by atoms with Crippen LogP contribution in [0.3, 0.4) is 0 Å². The Morgan fingerprint density at radius 1 is 0.939 bits per heavy atom. The zero-order valence-electron chi connectivity index (χ0n) is 18.1. The van der Waals surface area contributed by atoms with Crippen molar-refractivity contribution in [2.75, 3.05) is 45.8 Å². The summed E-state index contributed by atoms with van der Waals surface area (Å²) in [6.07, 6.45) is -3.72. The van der Waals surface area contributed by atoms with Gasteiger partial charge in [0.1, 0.15) is 0 Å². The number of benzene rings is 1. The molecule has 4 rings (SSSR count). The molecule has 1 aromatic heterocycles. The predicted molar refractivity (Wildman–Crippen MR) is 112 cm³/mol. The van der Waals surface area contributed by atoms with Gasteiger partial charge in [0.15, 0.2) is 0 Å². The lowest BCUT2D eigenvalue weighted by Gasteiger charge is -2.38. The summed E-state index contributed by atoms with van der Waals surface area (Å²) in [6.45, 7) is 3.21. The molecule has 1 aromatic carbocycles. The largest absolute Gasteiger partial charge is 0.471 e. The van der Waals surface area contributed by atoms with Gasteiger partial charge in [0.2, 0.25) is 17.7 Å². The summed E-state index contributed by atoms with van der Waals surface area (Å²) in [4.78, 5) is 29.0. The van der Waals surface area contributed by atoms with Crippen molar-refractivity contribution >= 4 is 11.8 Å². The molecule has 3 heterocycles. The van der Waals surface area contributed by atoms with Gasteiger partial charge in [-0.3, -0.25) is 14.5 Å². The number of aromatic nitrogens is 2. The van der Waals surface area contributed by atoms with Crippen molar-refractivity contribution in [3.63, 3.8) is 0 Å². The molecule has 0 radical (unpaired) electrons. The van der Waals surface area contributed by atoms with Crippen LogP contribution in [0.1, 0.15) is 18.7 Å². The van der Waals surface area contributed by atoms with E-state index in [2.05, 4.69) is 15.1 Å². The maximum absolute atomic E-state index is 12.8. The normalized spacial score (nSPS) is 18.5. The van der Waals surface area contributed by atoms with E-state index in [-0.39, 0.29) is 37.8 Å². The van der Waals surface area contributed by atoms with Crippen LogP contribution in [0.4, 0.5) is 13.2 Å². The fraction of sp³-hybridized carbons (Fsp3) is 0.545. The molecular weight excluding hydrogens is 439 g/mol. The number of piperidine rings is 1. The Balaban J connectivity index is 1.19. The third-order valence-electron chi connectivity index (χ3n) is 6.19. The van der Waals surface area contributed by atoms with Gasteiger partial charge in [0, 0.05) is 63.7 Å². The van der Waals surface area contributed by atoms with Crippen LogP contribution in [0.25, 0.3) is 11.5 Å². The van der Waals surface area contributed by atoms with Crippen molar-refractivity contribution in [3.05, 3.63) is 36.2 Å². The van der Waals surface area contributed by atoms with Crippen molar-refractivity contribution in [2.45, 2.75) is 25.4 Å². The summed E-state index contributed by atoms with van der Waals surface area (Å²) in [6, 6.07) is 9.55. The monoisotopic (exact) mass is 465 g/mol. The minimum atomic E-state index is -4.86. The maximum atomic E-state index is 12.8. The highest BCUT2D eigenvalue weighted by Gasteiger charge is 2.44. The number of amides is 2. The fourth-order valence-corrected chi connectivity index (χ4v) is 4.26. The van der Waals surface area contributed by atoms with E-state index in [1.807, 2.05) is 30.3 Å². The number of rotatable bonds is 5. The third kappa shape index (κ3) is 5.70. The molecule has 8 nitrogen and oxygen atoms in total. The molecule has 33 heavy (non-hydrogen) atoms. The quantitative estimate of drug-likeness (QED) is 0.674. The lowest BCUT2D eigenvalue weighted by Crippen LogP contribution is -2.52. The molecule has 0 spiro atoms. The number of nitrogens with zero attached hydrogens (tertiary/aromatic N) is 5. The first-order valence-corrected chi connectivity index (χ1v) is 11.1. The summed E-state index contributed by atoms with van der Waals surface area (Å²) in [5.41, 5.74) is 0.872. The van der Waals surface area contributed by atoms with E-state index in [4.69, 9.17) is 4.42 Å². The van der Waals surface area contributed by atoms with Gasteiger partial charge in [-0.2, -0.15) is 13.2 Å². The second-order valence-electron chi connectivity index (χ2n) is 8.35. The van der Waals surface area contributed by atoms with Crippen LogP contribution in [0.5, 0.6) is 0 Å². The molecule has 2 fully saturated rings. The van der Waals surface area contributed by atoms with E-state index in [1.165, 1.54) is 0 Å². The highest BCUT2D eigenvalue weighted by atomic mass is 19.4. The number of carbonyl (C=O) groups is 2. The molecule has 2 amide bonds. The zero-order chi connectivity index (χ0) is 23.4. The lowest BCUT2D eigenvalue weighted by atomic mass is 9.95. The van der Waals surface area contributed by atoms with Gasteiger partial charge >= 0.3 is 12.1 Å². The second kappa shape index (κ2) is 9.90. The Morgan fingerprint density at radius 3 is 2.24 bits per heavy atom. The molecule has 2 saturated heterocycles. The van der Waals surface area contributed by atoms with Crippen molar-refractivity contribution in [1.29, 1.82) is 0 Å². The SMILES string of the molecule is O=C(C1CCN(C(=O)C(F)(F)F)CC1)N1CCN(CCc2nnc(-c3ccccc3)o2)CC1. The van der Waals surface area contributed by atoms with E-state index < -0.39 is 12.1 Å². The first-order valence-electron chi connectivity index (χ1n) is 11.1. The zero-order valence-corrected chi connectivity index (χ0v) is 18.1. The highest BCUT2D eigenvalue weighted by molar-refractivity contribution is 5.83.